The number of likely N-dealkylation sites (tertiary alicyclic amines) is 1. The highest BCUT2D eigenvalue weighted by atomic mass is 32.2. The number of amides is 1. The second-order valence-electron chi connectivity index (χ2n) is 4.15. The Labute approximate surface area is 96.8 Å². The van der Waals surface area contributed by atoms with Gasteiger partial charge in [-0.2, -0.15) is 11.8 Å². The number of thioether (sulfide) groups is 1. The van der Waals surface area contributed by atoms with E-state index in [1.807, 2.05) is 16.7 Å². The maximum atomic E-state index is 11.8. The lowest BCUT2D eigenvalue weighted by atomic mass is 10.2. The topological polar surface area (TPSA) is 46.3 Å². The molecular formula is C11H22N2OS. The lowest BCUT2D eigenvalue weighted by Gasteiger charge is -2.25. The van der Waals surface area contributed by atoms with Crippen LogP contribution in [0.3, 0.4) is 0 Å². The minimum absolute atomic E-state index is 0.110. The van der Waals surface area contributed by atoms with Crippen molar-refractivity contribution in [2.45, 2.75) is 44.4 Å². The Morgan fingerprint density at radius 3 is 2.93 bits per heavy atom. The van der Waals surface area contributed by atoms with Crippen molar-refractivity contribution in [1.82, 2.24) is 4.90 Å². The lowest BCUT2D eigenvalue weighted by molar-refractivity contribution is -0.132. The second kappa shape index (κ2) is 6.38. The zero-order valence-corrected chi connectivity index (χ0v) is 10.6. The van der Waals surface area contributed by atoms with Crippen LogP contribution in [0.1, 0.15) is 33.1 Å². The van der Waals surface area contributed by atoms with Crippen molar-refractivity contribution >= 4 is 17.7 Å². The van der Waals surface area contributed by atoms with E-state index in [1.54, 1.807) is 6.92 Å². The highest BCUT2D eigenvalue weighted by molar-refractivity contribution is 7.99. The summed E-state index contributed by atoms with van der Waals surface area (Å²) in [6.45, 7) is 5.72. The summed E-state index contributed by atoms with van der Waals surface area (Å²) in [5.41, 5.74) is 5.64. The number of hydrogen-bond acceptors (Lipinski definition) is 3. The molecule has 1 fully saturated rings. The van der Waals surface area contributed by atoms with Gasteiger partial charge in [0.25, 0.3) is 0 Å². The van der Waals surface area contributed by atoms with E-state index in [9.17, 15) is 4.79 Å². The molecule has 0 aliphatic carbocycles. The third-order valence-corrected chi connectivity index (χ3v) is 3.92. The Balaban J connectivity index is 2.52. The predicted octanol–water partition coefficient (Wildman–Crippen LogP) is 1.47. The summed E-state index contributed by atoms with van der Waals surface area (Å²) in [6, 6.07) is -0.352. The Morgan fingerprint density at radius 2 is 2.33 bits per heavy atom. The molecule has 2 N–H and O–H groups in total. The fraction of sp³-hybridized carbons (Fsp3) is 0.909. The minimum atomic E-state index is -0.352. The molecule has 0 aromatic carbocycles. The SMILES string of the molecule is CCSC1CCCCN(C(=O)[C@@H](C)N)C1. The van der Waals surface area contributed by atoms with Crippen LogP contribution in [0, 0.1) is 0 Å². The second-order valence-corrected chi connectivity index (χ2v) is 5.72. The van der Waals surface area contributed by atoms with Crippen LogP contribution in [0.2, 0.25) is 0 Å². The normalized spacial score (nSPS) is 24.7. The average Bonchev–Trinajstić information content (AvgIpc) is 2.42. The van der Waals surface area contributed by atoms with Crippen LogP contribution in [-0.2, 0) is 4.79 Å². The summed E-state index contributed by atoms with van der Waals surface area (Å²) >= 11 is 1.96. The molecule has 1 heterocycles. The summed E-state index contributed by atoms with van der Waals surface area (Å²) < 4.78 is 0. The predicted molar refractivity (Wildman–Crippen MR) is 66.0 cm³/mol. The van der Waals surface area contributed by atoms with E-state index in [0.717, 1.165) is 25.3 Å². The quantitative estimate of drug-likeness (QED) is 0.798. The van der Waals surface area contributed by atoms with Crippen LogP contribution in [0.4, 0.5) is 0 Å². The van der Waals surface area contributed by atoms with Gasteiger partial charge in [0, 0.05) is 18.3 Å². The van der Waals surface area contributed by atoms with Gasteiger partial charge in [0.1, 0.15) is 0 Å². The zero-order valence-electron chi connectivity index (χ0n) is 9.74. The molecule has 2 atom stereocenters. The van der Waals surface area contributed by atoms with Crippen LogP contribution in [-0.4, -0.2) is 40.9 Å². The minimum Gasteiger partial charge on any atom is -0.340 e. The number of nitrogens with zero attached hydrogens (tertiary/aromatic N) is 1. The summed E-state index contributed by atoms with van der Waals surface area (Å²) in [5.74, 6) is 1.24. The number of nitrogens with two attached hydrogens (primary N) is 1. The Morgan fingerprint density at radius 1 is 1.60 bits per heavy atom. The van der Waals surface area contributed by atoms with E-state index in [1.165, 1.54) is 12.8 Å². The summed E-state index contributed by atoms with van der Waals surface area (Å²) in [7, 11) is 0. The Hall–Kier alpha value is -0.220. The van der Waals surface area contributed by atoms with Crippen LogP contribution >= 0.6 is 11.8 Å². The van der Waals surface area contributed by atoms with Crippen LogP contribution < -0.4 is 5.73 Å². The summed E-state index contributed by atoms with van der Waals surface area (Å²) in [5, 5.41) is 0.611. The third kappa shape index (κ3) is 4.03. The van der Waals surface area contributed by atoms with E-state index in [2.05, 4.69) is 6.92 Å². The molecule has 1 aliphatic rings. The Kier molecular flexibility index (Phi) is 5.47. The molecule has 0 saturated carbocycles. The number of carbonyl (C=O) groups is 1. The van der Waals surface area contributed by atoms with E-state index >= 15 is 0 Å². The highest BCUT2D eigenvalue weighted by Crippen LogP contribution is 2.22. The summed E-state index contributed by atoms with van der Waals surface area (Å²) in [6.07, 6.45) is 3.60. The van der Waals surface area contributed by atoms with Crippen LogP contribution in [0.5, 0.6) is 0 Å². The molecule has 0 aromatic heterocycles. The maximum absolute atomic E-state index is 11.8. The van der Waals surface area contributed by atoms with Crippen LogP contribution in [0.15, 0.2) is 0 Å². The molecule has 0 radical (unpaired) electrons. The molecule has 0 spiro atoms. The van der Waals surface area contributed by atoms with Crippen molar-refractivity contribution < 1.29 is 4.79 Å². The standard InChI is InChI=1S/C11H22N2OS/c1-3-15-10-6-4-5-7-13(8-10)11(14)9(2)12/h9-10H,3-8,12H2,1-2H3/t9-,10?/m1/s1. The van der Waals surface area contributed by atoms with Gasteiger partial charge in [0.15, 0.2) is 0 Å². The van der Waals surface area contributed by atoms with Crippen molar-refractivity contribution in [3.8, 4) is 0 Å². The van der Waals surface area contributed by atoms with Gasteiger partial charge in [0.05, 0.1) is 6.04 Å². The molecule has 15 heavy (non-hydrogen) atoms. The first-order chi connectivity index (χ1) is 7.15. The van der Waals surface area contributed by atoms with Crippen molar-refractivity contribution in [2.24, 2.45) is 5.73 Å². The van der Waals surface area contributed by atoms with Gasteiger partial charge in [0.2, 0.25) is 5.91 Å². The number of hydrogen-bond donors (Lipinski definition) is 1. The molecule has 3 nitrogen and oxygen atoms in total. The van der Waals surface area contributed by atoms with Gasteiger partial charge >= 0.3 is 0 Å². The Bertz CT molecular complexity index is 209. The first-order valence-corrected chi connectivity index (χ1v) is 6.86. The van der Waals surface area contributed by atoms with E-state index in [-0.39, 0.29) is 11.9 Å². The first kappa shape index (κ1) is 12.8. The monoisotopic (exact) mass is 230 g/mol. The van der Waals surface area contributed by atoms with Crippen molar-refractivity contribution in [3.05, 3.63) is 0 Å². The first-order valence-electron chi connectivity index (χ1n) is 5.81. The van der Waals surface area contributed by atoms with Crippen molar-refractivity contribution in [3.63, 3.8) is 0 Å². The van der Waals surface area contributed by atoms with E-state index in [0.29, 0.717) is 5.25 Å². The maximum Gasteiger partial charge on any atom is 0.239 e. The van der Waals surface area contributed by atoms with Crippen LogP contribution in [0.25, 0.3) is 0 Å². The fourth-order valence-corrected chi connectivity index (χ4v) is 3.05. The molecule has 0 aromatic rings. The van der Waals surface area contributed by atoms with Gasteiger partial charge in [-0.1, -0.05) is 13.3 Å². The lowest BCUT2D eigenvalue weighted by Crippen LogP contribution is -2.44. The van der Waals surface area contributed by atoms with Gasteiger partial charge in [-0.25, -0.2) is 0 Å². The number of carbonyl (C=O) groups excluding carboxylic acids is 1. The molecule has 1 unspecified atom stereocenters. The molecule has 1 rings (SSSR count). The molecule has 0 bridgehead atoms. The van der Waals surface area contributed by atoms with Gasteiger partial charge in [-0.3, -0.25) is 4.79 Å². The highest BCUT2D eigenvalue weighted by Gasteiger charge is 2.23. The van der Waals surface area contributed by atoms with Gasteiger partial charge in [-0.15, -0.1) is 0 Å². The number of rotatable bonds is 3. The zero-order chi connectivity index (χ0) is 11.3. The average molecular weight is 230 g/mol. The van der Waals surface area contributed by atoms with Crippen molar-refractivity contribution in [2.75, 3.05) is 18.8 Å². The molecule has 1 amide bonds. The molecule has 1 saturated heterocycles. The largest absolute Gasteiger partial charge is 0.340 e. The third-order valence-electron chi connectivity index (χ3n) is 2.73. The fourth-order valence-electron chi connectivity index (χ4n) is 1.96. The molecule has 4 heteroatoms. The van der Waals surface area contributed by atoms with Gasteiger partial charge in [-0.05, 0) is 25.5 Å². The van der Waals surface area contributed by atoms with Gasteiger partial charge < -0.3 is 10.6 Å². The van der Waals surface area contributed by atoms with E-state index < -0.39 is 0 Å². The van der Waals surface area contributed by atoms with Crippen molar-refractivity contribution in [1.29, 1.82) is 0 Å². The molecular weight excluding hydrogens is 208 g/mol. The molecule has 1 aliphatic heterocycles. The smallest absolute Gasteiger partial charge is 0.239 e. The van der Waals surface area contributed by atoms with E-state index in [4.69, 9.17) is 5.73 Å². The summed E-state index contributed by atoms with van der Waals surface area (Å²) in [4.78, 5) is 13.7. The molecule has 88 valence electrons.